The Hall–Kier alpha value is -1.88. The molecule has 0 radical (unpaired) electrons. The summed E-state index contributed by atoms with van der Waals surface area (Å²) >= 11 is 1.83. The number of hydrogen-bond acceptors (Lipinski definition) is 4. The third-order valence-corrected chi connectivity index (χ3v) is 4.35. The largest absolute Gasteiger partial charge is 0.346 e. The van der Waals surface area contributed by atoms with E-state index in [9.17, 15) is 0 Å². The normalized spacial score (nSPS) is 12.8. The van der Waals surface area contributed by atoms with Crippen LogP contribution in [0.4, 0.5) is 5.95 Å². The van der Waals surface area contributed by atoms with E-state index in [-0.39, 0.29) is 6.04 Å². The molecule has 3 aromatic rings. The standard InChI is InChI=1S/C15H18N4S/c1-9-5-6-14-17-15(18-19(14)8-9)16-11(3)13-7-10(2)20-12(13)4/h5-8,11H,1-4H3,(H,16,18). The molecule has 3 heterocycles. The molecular formula is C15H18N4S. The van der Waals surface area contributed by atoms with Gasteiger partial charge in [-0.05, 0) is 51.0 Å². The summed E-state index contributed by atoms with van der Waals surface area (Å²) in [5.74, 6) is 0.673. The minimum absolute atomic E-state index is 0.207. The molecule has 20 heavy (non-hydrogen) atoms. The van der Waals surface area contributed by atoms with Crippen LogP contribution in [0.1, 0.15) is 33.8 Å². The number of thiophene rings is 1. The predicted molar refractivity (Wildman–Crippen MR) is 83.6 cm³/mol. The van der Waals surface area contributed by atoms with Gasteiger partial charge < -0.3 is 5.32 Å². The summed E-state index contributed by atoms with van der Waals surface area (Å²) in [6.45, 7) is 8.49. The van der Waals surface area contributed by atoms with Crippen LogP contribution in [0.25, 0.3) is 5.65 Å². The summed E-state index contributed by atoms with van der Waals surface area (Å²) in [5.41, 5.74) is 3.36. The lowest BCUT2D eigenvalue weighted by Gasteiger charge is -2.11. The van der Waals surface area contributed by atoms with Crippen LogP contribution < -0.4 is 5.32 Å². The maximum Gasteiger partial charge on any atom is 0.243 e. The number of rotatable bonds is 3. The van der Waals surface area contributed by atoms with E-state index in [1.165, 1.54) is 20.9 Å². The van der Waals surface area contributed by atoms with E-state index in [1.54, 1.807) is 0 Å². The molecule has 5 heteroatoms. The summed E-state index contributed by atoms with van der Waals surface area (Å²) in [6, 6.07) is 6.47. The second-order valence-electron chi connectivity index (χ2n) is 5.18. The molecule has 0 amide bonds. The van der Waals surface area contributed by atoms with Crippen molar-refractivity contribution in [3.8, 4) is 0 Å². The Morgan fingerprint density at radius 1 is 1.25 bits per heavy atom. The van der Waals surface area contributed by atoms with E-state index in [0.717, 1.165) is 5.65 Å². The Morgan fingerprint density at radius 2 is 2.05 bits per heavy atom. The molecule has 1 N–H and O–H groups in total. The molecule has 1 unspecified atom stereocenters. The van der Waals surface area contributed by atoms with Gasteiger partial charge in [-0.25, -0.2) is 4.52 Å². The van der Waals surface area contributed by atoms with Crippen molar-refractivity contribution in [2.45, 2.75) is 33.7 Å². The molecule has 0 spiro atoms. The van der Waals surface area contributed by atoms with Gasteiger partial charge in [0.25, 0.3) is 0 Å². The SMILES string of the molecule is Cc1ccc2nc(NC(C)c3cc(C)sc3C)nn2c1. The number of anilines is 1. The van der Waals surface area contributed by atoms with Crippen LogP contribution in [0.15, 0.2) is 24.4 Å². The maximum absolute atomic E-state index is 4.50. The highest BCUT2D eigenvalue weighted by atomic mass is 32.1. The number of pyridine rings is 1. The number of fused-ring (bicyclic) bond motifs is 1. The predicted octanol–water partition coefficient (Wildman–Crippen LogP) is 3.89. The van der Waals surface area contributed by atoms with Crippen molar-refractivity contribution in [3.05, 3.63) is 45.3 Å². The van der Waals surface area contributed by atoms with Gasteiger partial charge in [0.15, 0.2) is 5.65 Å². The van der Waals surface area contributed by atoms with E-state index >= 15 is 0 Å². The first-order chi connectivity index (χ1) is 9.52. The second kappa shape index (κ2) is 4.90. The number of aromatic nitrogens is 3. The number of hydrogen-bond donors (Lipinski definition) is 1. The van der Waals surface area contributed by atoms with Crippen LogP contribution >= 0.6 is 11.3 Å². The van der Waals surface area contributed by atoms with Gasteiger partial charge in [-0.2, -0.15) is 4.98 Å². The van der Waals surface area contributed by atoms with Gasteiger partial charge in [0.05, 0.1) is 6.04 Å². The Kier molecular flexibility index (Phi) is 3.22. The molecule has 1 atom stereocenters. The first-order valence-corrected chi connectivity index (χ1v) is 7.51. The second-order valence-corrected chi connectivity index (χ2v) is 6.64. The van der Waals surface area contributed by atoms with E-state index < -0.39 is 0 Å². The van der Waals surface area contributed by atoms with Crippen molar-refractivity contribution in [2.75, 3.05) is 5.32 Å². The summed E-state index contributed by atoms with van der Waals surface area (Å²) in [7, 11) is 0. The van der Waals surface area contributed by atoms with Crippen molar-refractivity contribution in [1.29, 1.82) is 0 Å². The molecule has 3 rings (SSSR count). The van der Waals surface area contributed by atoms with Crippen molar-refractivity contribution in [3.63, 3.8) is 0 Å². The van der Waals surface area contributed by atoms with E-state index in [1.807, 2.05) is 41.1 Å². The lowest BCUT2D eigenvalue weighted by Crippen LogP contribution is -2.08. The number of nitrogens with zero attached hydrogens (tertiary/aromatic N) is 3. The average Bonchev–Trinajstić information content (AvgIpc) is 2.91. The molecule has 0 aliphatic heterocycles. The zero-order valence-corrected chi connectivity index (χ0v) is 13.0. The first-order valence-electron chi connectivity index (χ1n) is 6.69. The van der Waals surface area contributed by atoms with Gasteiger partial charge in [-0.1, -0.05) is 6.07 Å². The van der Waals surface area contributed by atoms with Gasteiger partial charge in [0.2, 0.25) is 5.95 Å². The molecule has 0 fully saturated rings. The molecule has 0 aliphatic carbocycles. The highest BCUT2D eigenvalue weighted by molar-refractivity contribution is 7.12. The summed E-state index contributed by atoms with van der Waals surface area (Å²) in [5, 5.41) is 7.86. The Labute approximate surface area is 122 Å². The van der Waals surface area contributed by atoms with Gasteiger partial charge in [0, 0.05) is 16.0 Å². The molecule has 0 aromatic carbocycles. The van der Waals surface area contributed by atoms with E-state index in [2.05, 4.69) is 42.2 Å². The summed E-state index contributed by atoms with van der Waals surface area (Å²) < 4.78 is 1.82. The fraction of sp³-hybridized carbons (Fsp3) is 0.333. The molecule has 0 saturated carbocycles. The van der Waals surface area contributed by atoms with Crippen LogP contribution in [-0.2, 0) is 0 Å². The summed E-state index contributed by atoms with van der Waals surface area (Å²) in [6.07, 6.45) is 1.98. The monoisotopic (exact) mass is 286 g/mol. The van der Waals surface area contributed by atoms with Crippen LogP contribution in [0.2, 0.25) is 0 Å². The van der Waals surface area contributed by atoms with Crippen LogP contribution in [-0.4, -0.2) is 14.6 Å². The Bertz CT molecular complexity index is 756. The summed E-state index contributed by atoms with van der Waals surface area (Å²) in [4.78, 5) is 7.19. The van der Waals surface area contributed by atoms with Crippen LogP contribution in [0, 0.1) is 20.8 Å². The van der Waals surface area contributed by atoms with Gasteiger partial charge in [-0.15, -0.1) is 16.4 Å². The van der Waals surface area contributed by atoms with Crippen LogP contribution in [0.5, 0.6) is 0 Å². The van der Waals surface area contributed by atoms with Crippen molar-refractivity contribution in [1.82, 2.24) is 14.6 Å². The van der Waals surface area contributed by atoms with Crippen molar-refractivity contribution < 1.29 is 0 Å². The smallest absolute Gasteiger partial charge is 0.243 e. The fourth-order valence-electron chi connectivity index (χ4n) is 2.40. The first kappa shape index (κ1) is 13.1. The van der Waals surface area contributed by atoms with Gasteiger partial charge in [-0.3, -0.25) is 0 Å². The lowest BCUT2D eigenvalue weighted by atomic mass is 10.1. The number of nitrogens with one attached hydrogen (secondary N) is 1. The van der Waals surface area contributed by atoms with E-state index in [4.69, 9.17) is 0 Å². The fourth-order valence-corrected chi connectivity index (χ4v) is 3.42. The molecule has 3 aromatic heterocycles. The minimum atomic E-state index is 0.207. The third kappa shape index (κ3) is 2.41. The zero-order valence-electron chi connectivity index (χ0n) is 12.1. The molecule has 0 aliphatic rings. The minimum Gasteiger partial charge on any atom is -0.346 e. The lowest BCUT2D eigenvalue weighted by molar-refractivity contribution is 0.850. The molecule has 104 valence electrons. The number of aryl methyl sites for hydroxylation is 3. The quantitative estimate of drug-likeness (QED) is 0.794. The topological polar surface area (TPSA) is 42.2 Å². The molecule has 4 nitrogen and oxygen atoms in total. The third-order valence-electron chi connectivity index (χ3n) is 3.37. The highest BCUT2D eigenvalue weighted by Crippen LogP contribution is 2.27. The molecular weight excluding hydrogens is 268 g/mol. The van der Waals surface area contributed by atoms with Crippen molar-refractivity contribution in [2.24, 2.45) is 0 Å². The Morgan fingerprint density at radius 3 is 2.75 bits per heavy atom. The molecule has 0 bridgehead atoms. The zero-order chi connectivity index (χ0) is 14.3. The Balaban J connectivity index is 1.87. The van der Waals surface area contributed by atoms with Gasteiger partial charge >= 0.3 is 0 Å². The highest BCUT2D eigenvalue weighted by Gasteiger charge is 2.13. The average molecular weight is 286 g/mol. The van der Waals surface area contributed by atoms with Crippen LogP contribution in [0.3, 0.4) is 0 Å². The van der Waals surface area contributed by atoms with E-state index in [0.29, 0.717) is 5.95 Å². The van der Waals surface area contributed by atoms with Crippen molar-refractivity contribution >= 4 is 22.9 Å². The molecule has 0 saturated heterocycles. The van der Waals surface area contributed by atoms with Gasteiger partial charge in [0.1, 0.15) is 0 Å². The maximum atomic E-state index is 4.50.